The van der Waals surface area contributed by atoms with Crippen LogP contribution in [-0.4, -0.2) is 38.6 Å². The summed E-state index contributed by atoms with van der Waals surface area (Å²) >= 11 is 0. The fourth-order valence-corrected chi connectivity index (χ4v) is 2.57. The number of benzene rings is 1. The first-order chi connectivity index (χ1) is 9.79. The van der Waals surface area contributed by atoms with E-state index in [4.69, 9.17) is 0 Å². The summed E-state index contributed by atoms with van der Waals surface area (Å²) in [5.74, 6) is -1.31. The van der Waals surface area contributed by atoms with Crippen LogP contribution in [-0.2, 0) is 24.4 Å². The van der Waals surface area contributed by atoms with Gasteiger partial charge in [-0.3, -0.25) is 9.35 Å². The van der Waals surface area contributed by atoms with E-state index in [1.165, 1.54) is 31.4 Å². The minimum Gasteiger partial charge on any atom is -0.466 e. The summed E-state index contributed by atoms with van der Waals surface area (Å²) in [6.45, 7) is 1.70. The molecule has 0 amide bonds. The summed E-state index contributed by atoms with van der Waals surface area (Å²) in [4.78, 5) is 22.7. The van der Waals surface area contributed by atoms with Gasteiger partial charge in [-0.05, 0) is 24.6 Å². The normalized spacial score (nSPS) is 12.5. The summed E-state index contributed by atoms with van der Waals surface area (Å²) in [6.07, 6.45) is -0.510. The third kappa shape index (κ3) is 4.83. The van der Waals surface area contributed by atoms with Crippen molar-refractivity contribution in [3.8, 4) is 0 Å². The molecule has 0 aliphatic carbocycles. The highest BCUT2D eigenvalue weighted by atomic mass is 32.2. The molecule has 7 nitrogen and oxygen atoms in total. The summed E-state index contributed by atoms with van der Waals surface area (Å²) in [6, 6.07) is 5.38. The zero-order chi connectivity index (χ0) is 16.0. The Hall–Kier alpha value is -1.93. The van der Waals surface area contributed by atoms with Crippen molar-refractivity contribution in [1.82, 2.24) is 0 Å². The maximum atomic E-state index is 11.4. The number of carbonyl (C=O) groups is 2. The molecule has 21 heavy (non-hydrogen) atoms. The Bertz CT molecular complexity index is 604. The molecule has 1 N–H and O–H groups in total. The fourth-order valence-electron chi connectivity index (χ4n) is 1.72. The first kappa shape index (κ1) is 17.1. The van der Waals surface area contributed by atoms with Gasteiger partial charge in [0.05, 0.1) is 25.7 Å². The number of ether oxygens (including phenoxy) is 2. The first-order valence-corrected chi connectivity index (χ1v) is 7.60. The van der Waals surface area contributed by atoms with Crippen LogP contribution in [0.25, 0.3) is 0 Å². The molecule has 0 saturated heterocycles. The molecule has 1 rings (SSSR count). The van der Waals surface area contributed by atoms with Crippen molar-refractivity contribution in [2.75, 3.05) is 13.7 Å². The zero-order valence-electron chi connectivity index (χ0n) is 11.6. The van der Waals surface area contributed by atoms with Crippen LogP contribution in [0.2, 0.25) is 0 Å². The van der Waals surface area contributed by atoms with Crippen molar-refractivity contribution in [1.29, 1.82) is 0 Å². The van der Waals surface area contributed by atoms with Crippen LogP contribution >= 0.6 is 0 Å². The summed E-state index contributed by atoms with van der Waals surface area (Å²) in [7, 11) is -3.27. The Labute approximate surface area is 122 Å². The van der Waals surface area contributed by atoms with Gasteiger partial charge in [0.2, 0.25) is 0 Å². The van der Waals surface area contributed by atoms with Crippen molar-refractivity contribution in [3.05, 3.63) is 35.4 Å². The molecule has 0 radical (unpaired) electrons. The highest BCUT2D eigenvalue weighted by molar-refractivity contribution is 7.86. The van der Waals surface area contributed by atoms with E-state index in [0.29, 0.717) is 0 Å². The van der Waals surface area contributed by atoms with Crippen LogP contribution in [0.3, 0.4) is 0 Å². The second-order valence-corrected chi connectivity index (χ2v) is 5.73. The second kappa shape index (κ2) is 7.19. The molecule has 0 heterocycles. The van der Waals surface area contributed by atoms with Gasteiger partial charge < -0.3 is 9.47 Å². The molecule has 1 aromatic rings. The number of esters is 2. The van der Waals surface area contributed by atoms with Crippen molar-refractivity contribution >= 4 is 22.1 Å². The quantitative estimate of drug-likeness (QED) is 0.623. The lowest BCUT2D eigenvalue weighted by atomic mass is 10.1. The summed E-state index contributed by atoms with van der Waals surface area (Å²) in [5, 5.41) is -1.44. The number of rotatable bonds is 6. The van der Waals surface area contributed by atoms with E-state index in [1.54, 1.807) is 6.92 Å². The zero-order valence-corrected chi connectivity index (χ0v) is 12.4. The monoisotopic (exact) mass is 316 g/mol. The smallest absolute Gasteiger partial charge is 0.337 e. The van der Waals surface area contributed by atoms with Crippen LogP contribution < -0.4 is 0 Å². The van der Waals surface area contributed by atoms with Crippen molar-refractivity contribution in [2.24, 2.45) is 0 Å². The number of methoxy groups -OCH3 is 1. The predicted octanol–water partition coefficient (Wildman–Crippen LogP) is 1.36. The van der Waals surface area contributed by atoms with Crippen LogP contribution in [0.5, 0.6) is 0 Å². The second-order valence-electron chi connectivity index (χ2n) is 4.13. The number of hydrogen-bond acceptors (Lipinski definition) is 6. The molecule has 0 spiro atoms. The number of hydrogen-bond donors (Lipinski definition) is 1. The highest BCUT2D eigenvalue weighted by Crippen LogP contribution is 2.26. The molecule has 1 atom stereocenters. The van der Waals surface area contributed by atoms with Crippen molar-refractivity contribution in [3.63, 3.8) is 0 Å². The topological polar surface area (TPSA) is 107 Å². The van der Waals surface area contributed by atoms with E-state index in [0.717, 1.165) is 0 Å². The van der Waals surface area contributed by atoms with E-state index >= 15 is 0 Å². The van der Waals surface area contributed by atoms with Gasteiger partial charge in [0.25, 0.3) is 10.1 Å². The number of carbonyl (C=O) groups excluding carboxylic acids is 2. The average molecular weight is 316 g/mol. The molecule has 1 unspecified atom stereocenters. The van der Waals surface area contributed by atoms with Gasteiger partial charge in [-0.25, -0.2) is 4.79 Å². The Morgan fingerprint density at radius 1 is 1.24 bits per heavy atom. The van der Waals surface area contributed by atoms with Crippen LogP contribution in [0, 0.1) is 0 Å². The molecule has 0 aliphatic rings. The third-order valence-electron chi connectivity index (χ3n) is 2.72. The molecular weight excluding hydrogens is 300 g/mol. The van der Waals surface area contributed by atoms with Gasteiger partial charge in [0.15, 0.2) is 0 Å². The molecule has 8 heteroatoms. The lowest BCUT2D eigenvalue weighted by Gasteiger charge is -2.13. The third-order valence-corrected chi connectivity index (χ3v) is 3.88. The van der Waals surface area contributed by atoms with E-state index in [1.807, 2.05) is 0 Å². The van der Waals surface area contributed by atoms with E-state index < -0.39 is 33.7 Å². The maximum absolute atomic E-state index is 11.4. The molecule has 0 saturated carbocycles. The van der Waals surface area contributed by atoms with Gasteiger partial charge in [-0.1, -0.05) is 12.1 Å². The fraction of sp³-hybridized carbons (Fsp3) is 0.385. The lowest BCUT2D eigenvalue weighted by Crippen LogP contribution is -2.18. The van der Waals surface area contributed by atoms with Crippen LogP contribution in [0.4, 0.5) is 0 Å². The van der Waals surface area contributed by atoms with Crippen molar-refractivity contribution in [2.45, 2.75) is 18.6 Å². The molecule has 0 fully saturated rings. The van der Waals surface area contributed by atoms with Gasteiger partial charge in [-0.15, -0.1) is 0 Å². The minimum absolute atomic E-state index is 0.109. The molecule has 0 aliphatic heterocycles. The molecular formula is C13H16O7S. The van der Waals surface area contributed by atoms with E-state index in [9.17, 15) is 22.6 Å². The molecule has 0 aromatic heterocycles. The van der Waals surface area contributed by atoms with Crippen LogP contribution in [0.1, 0.15) is 34.5 Å². The van der Waals surface area contributed by atoms with Gasteiger partial charge in [-0.2, -0.15) is 8.42 Å². The first-order valence-electron chi connectivity index (χ1n) is 6.09. The Morgan fingerprint density at radius 3 is 2.24 bits per heavy atom. The summed E-state index contributed by atoms with van der Waals surface area (Å²) < 4.78 is 41.3. The van der Waals surface area contributed by atoms with Crippen LogP contribution in [0.15, 0.2) is 24.3 Å². The average Bonchev–Trinajstić information content (AvgIpc) is 2.43. The highest BCUT2D eigenvalue weighted by Gasteiger charge is 2.28. The van der Waals surface area contributed by atoms with E-state index in [-0.39, 0.29) is 17.7 Å². The summed E-state index contributed by atoms with van der Waals surface area (Å²) in [5.41, 5.74) is 0.407. The standard InChI is InChI=1S/C13H16O7S/c1-3-20-12(14)8-11(21(16,17)18)9-4-6-10(7-5-9)13(15)19-2/h4-7,11H,3,8H2,1-2H3,(H,16,17,18). The Balaban J connectivity index is 3.05. The maximum Gasteiger partial charge on any atom is 0.337 e. The lowest BCUT2D eigenvalue weighted by molar-refractivity contribution is -0.143. The Kier molecular flexibility index (Phi) is 5.86. The molecule has 1 aromatic carbocycles. The minimum atomic E-state index is -4.49. The Morgan fingerprint density at radius 2 is 1.81 bits per heavy atom. The van der Waals surface area contributed by atoms with E-state index in [2.05, 4.69) is 9.47 Å². The molecule has 116 valence electrons. The SMILES string of the molecule is CCOC(=O)CC(c1ccc(C(=O)OC)cc1)S(=O)(=O)O. The molecule has 0 bridgehead atoms. The van der Waals surface area contributed by atoms with Gasteiger partial charge in [0, 0.05) is 0 Å². The van der Waals surface area contributed by atoms with Gasteiger partial charge in [0.1, 0.15) is 5.25 Å². The predicted molar refractivity (Wildman–Crippen MR) is 73.3 cm³/mol. The van der Waals surface area contributed by atoms with Crippen molar-refractivity contribution < 1.29 is 32.0 Å². The van der Waals surface area contributed by atoms with Gasteiger partial charge >= 0.3 is 11.9 Å². The largest absolute Gasteiger partial charge is 0.466 e.